The summed E-state index contributed by atoms with van der Waals surface area (Å²) in [6.45, 7) is 4.81. The third-order valence-corrected chi connectivity index (χ3v) is 9.84. The summed E-state index contributed by atoms with van der Waals surface area (Å²) in [7, 11) is -2.77. The molecule has 0 aromatic heterocycles. The van der Waals surface area contributed by atoms with E-state index in [0.717, 1.165) is 15.4 Å². The topological polar surface area (TPSA) is 96.0 Å². The molecule has 0 saturated heterocycles. The number of hydrogen-bond acceptors (Lipinski definition) is 5. The molecule has 4 aromatic rings. The van der Waals surface area contributed by atoms with Crippen molar-refractivity contribution in [2.45, 2.75) is 50.7 Å². The molecular formula is C35H37Cl2N3O5S. The molecule has 0 aliphatic rings. The van der Waals surface area contributed by atoms with Gasteiger partial charge in [-0.15, -0.1) is 0 Å². The first kappa shape index (κ1) is 34.8. The number of benzene rings is 4. The number of sulfonamides is 1. The molecule has 0 heterocycles. The van der Waals surface area contributed by atoms with E-state index in [9.17, 15) is 18.0 Å². The quantitative estimate of drug-likeness (QED) is 0.170. The van der Waals surface area contributed by atoms with Crippen LogP contribution in [0.5, 0.6) is 5.75 Å². The second-order valence-corrected chi connectivity index (χ2v) is 13.8. The van der Waals surface area contributed by atoms with Gasteiger partial charge in [0.1, 0.15) is 18.3 Å². The van der Waals surface area contributed by atoms with Gasteiger partial charge in [-0.05, 0) is 74.9 Å². The summed E-state index contributed by atoms with van der Waals surface area (Å²) in [5, 5.41) is 3.56. The minimum atomic E-state index is -4.26. The van der Waals surface area contributed by atoms with Crippen LogP contribution in [0.25, 0.3) is 0 Å². The summed E-state index contributed by atoms with van der Waals surface area (Å²) in [5.41, 5.74) is 2.46. The molecule has 242 valence electrons. The van der Waals surface area contributed by atoms with Crippen LogP contribution in [-0.2, 0) is 32.6 Å². The monoisotopic (exact) mass is 681 g/mol. The Morgan fingerprint density at radius 3 is 2.02 bits per heavy atom. The number of ether oxygens (including phenoxy) is 1. The molecule has 8 nitrogen and oxygen atoms in total. The summed E-state index contributed by atoms with van der Waals surface area (Å²) in [6.07, 6.45) is 0.170. The van der Waals surface area contributed by atoms with Crippen molar-refractivity contribution in [2.24, 2.45) is 0 Å². The van der Waals surface area contributed by atoms with E-state index in [2.05, 4.69) is 5.32 Å². The normalized spacial score (nSPS) is 12.0. The van der Waals surface area contributed by atoms with Crippen molar-refractivity contribution in [2.75, 3.05) is 18.0 Å². The van der Waals surface area contributed by atoms with Crippen LogP contribution in [0.15, 0.2) is 102 Å². The molecule has 0 bridgehead atoms. The van der Waals surface area contributed by atoms with Crippen LogP contribution in [0.3, 0.4) is 0 Å². The number of carbonyl (C=O) groups excluding carboxylic acids is 2. The fraction of sp³-hybridized carbons (Fsp3) is 0.257. The standard InChI is InChI=1S/C35H37Cl2N3O5S/c1-24(2)38-35(42)33(21-26-9-6-5-7-10-26)39(22-30-31(36)11-8-12-32(30)37)34(41)23-40(27-15-13-25(3)14-16-27)46(43,44)29-19-17-28(45-4)18-20-29/h5-20,24,33H,21-23H2,1-4H3,(H,38,42)/t33-/m0/s1. The van der Waals surface area contributed by atoms with Gasteiger partial charge in [0, 0.05) is 34.6 Å². The molecule has 4 aromatic carbocycles. The van der Waals surface area contributed by atoms with Crippen molar-refractivity contribution in [1.82, 2.24) is 10.2 Å². The first-order valence-electron chi connectivity index (χ1n) is 14.7. The fourth-order valence-electron chi connectivity index (χ4n) is 4.90. The van der Waals surface area contributed by atoms with Gasteiger partial charge in [0.2, 0.25) is 11.8 Å². The maximum Gasteiger partial charge on any atom is 0.264 e. The average Bonchev–Trinajstić information content (AvgIpc) is 3.03. The summed E-state index contributed by atoms with van der Waals surface area (Å²) in [4.78, 5) is 29.7. The van der Waals surface area contributed by atoms with E-state index in [-0.39, 0.29) is 29.6 Å². The lowest BCUT2D eigenvalue weighted by Crippen LogP contribution is -2.54. The Labute approximate surface area is 280 Å². The van der Waals surface area contributed by atoms with Crippen LogP contribution in [-0.4, -0.2) is 50.9 Å². The highest BCUT2D eigenvalue weighted by Gasteiger charge is 2.35. The Kier molecular flexibility index (Phi) is 11.7. The number of rotatable bonds is 13. The van der Waals surface area contributed by atoms with Gasteiger partial charge >= 0.3 is 0 Å². The molecule has 0 radical (unpaired) electrons. The molecule has 1 N–H and O–H groups in total. The van der Waals surface area contributed by atoms with E-state index in [4.69, 9.17) is 27.9 Å². The van der Waals surface area contributed by atoms with Crippen molar-refractivity contribution in [1.29, 1.82) is 0 Å². The zero-order valence-corrected chi connectivity index (χ0v) is 28.4. The van der Waals surface area contributed by atoms with Gasteiger partial charge in [-0.1, -0.05) is 77.3 Å². The lowest BCUT2D eigenvalue weighted by molar-refractivity contribution is -0.140. The largest absolute Gasteiger partial charge is 0.497 e. The highest BCUT2D eigenvalue weighted by Crippen LogP contribution is 2.29. The van der Waals surface area contributed by atoms with Gasteiger partial charge in [-0.25, -0.2) is 8.42 Å². The van der Waals surface area contributed by atoms with Gasteiger partial charge in [0.25, 0.3) is 10.0 Å². The first-order valence-corrected chi connectivity index (χ1v) is 16.9. The predicted molar refractivity (Wildman–Crippen MR) is 183 cm³/mol. The second kappa shape index (κ2) is 15.5. The Bertz CT molecular complexity index is 1730. The molecule has 0 aliphatic heterocycles. The molecule has 2 amide bonds. The Morgan fingerprint density at radius 1 is 0.848 bits per heavy atom. The Morgan fingerprint density at radius 2 is 1.46 bits per heavy atom. The number of aryl methyl sites for hydroxylation is 1. The average molecular weight is 683 g/mol. The number of nitrogens with one attached hydrogen (secondary N) is 1. The molecule has 0 fully saturated rings. The SMILES string of the molecule is COc1ccc(S(=O)(=O)N(CC(=O)N(Cc2c(Cl)cccc2Cl)[C@@H](Cc2ccccc2)C(=O)NC(C)C)c2ccc(C)cc2)cc1. The van der Waals surface area contributed by atoms with Crippen molar-refractivity contribution in [3.05, 3.63) is 124 Å². The van der Waals surface area contributed by atoms with Crippen molar-refractivity contribution in [3.8, 4) is 5.75 Å². The van der Waals surface area contributed by atoms with Gasteiger partial charge in [-0.2, -0.15) is 0 Å². The number of carbonyl (C=O) groups is 2. The van der Waals surface area contributed by atoms with E-state index >= 15 is 0 Å². The summed E-state index contributed by atoms with van der Waals surface area (Å²) < 4.78 is 34.6. The number of methoxy groups -OCH3 is 1. The van der Waals surface area contributed by atoms with Crippen molar-refractivity contribution in [3.63, 3.8) is 0 Å². The van der Waals surface area contributed by atoms with E-state index in [1.165, 1.54) is 24.1 Å². The van der Waals surface area contributed by atoms with Crippen LogP contribution in [0, 0.1) is 6.92 Å². The number of hydrogen-bond donors (Lipinski definition) is 1. The number of nitrogens with zero attached hydrogens (tertiary/aromatic N) is 2. The molecule has 0 spiro atoms. The van der Waals surface area contributed by atoms with Crippen LogP contribution < -0.4 is 14.4 Å². The maximum absolute atomic E-state index is 14.6. The van der Waals surface area contributed by atoms with Crippen molar-refractivity contribution < 1.29 is 22.7 Å². The smallest absolute Gasteiger partial charge is 0.264 e. The molecule has 11 heteroatoms. The second-order valence-electron chi connectivity index (χ2n) is 11.1. The maximum atomic E-state index is 14.6. The fourth-order valence-corrected chi connectivity index (χ4v) is 6.83. The number of amides is 2. The number of halogens is 2. The van der Waals surface area contributed by atoms with E-state index in [1.807, 2.05) is 51.1 Å². The minimum Gasteiger partial charge on any atom is -0.497 e. The predicted octanol–water partition coefficient (Wildman–Crippen LogP) is 6.67. The minimum absolute atomic E-state index is 0.0271. The lowest BCUT2D eigenvalue weighted by Gasteiger charge is -2.34. The Balaban J connectivity index is 1.83. The molecule has 0 aliphatic carbocycles. The molecule has 1 atom stereocenters. The molecule has 4 rings (SSSR count). The zero-order chi connectivity index (χ0) is 33.4. The van der Waals surface area contributed by atoms with E-state index in [1.54, 1.807) is 54.6 Å². The van der Waals surface area contributed by atoms with Crippen LogP contribution in [0.1, 0.15) is 30.5 Å². The molecular weight excluding hydrogens is 645 g/mol. The van der Waals surface area contributed by atoms with Crippen LogP contribution >= 0.6 is 23.2 Å². The lowest BCUT2D eigenvalue weighted by atomic mass is 10.0. The van der Waals surface area contributed by atoms with E-state index < -0.39 is 34.4 Å². The summed E-state index contributed by atoms with van der Waals surface area (Å²) in [5.74, 6) is -0.525. The summed E-state index contributed by atoms with van der Waals surface area (Å²) >= 11 is 13.1. The van der Waals surface area contributed by atoms with E-state index in [0.29, 0.717) is 21.4 Å². The third-order valence-electron chi connectivity index (χ3n) is 7.34. The van der Waals surface area contributed by atoms with Gasteiger partial charge in [0.05, 0.1) is 17.7 Å². The highest BCUT2D eigenvalue weighted by atomic mass is 35.5. The van der Waals surface area contributed by atoms with Crippen LogP contribution in [0.2, 0.25) is 10.0 Å². The van der Waals surface area contributed by atoms with Crippen molar-refractivity contribution >= 4 is 50.7 Å². The number of anilines is 1. The van der Waals surface area contributed by atoms with Gasteiger partial charge < -0.3 is 15.0 Å². The van der Waals surface area contributed by atoms with Gasteiger partial charge in [0.15, 0.2) is 0 Å². The molecule has 0 unspecified atom stereocenters. The van der Waals surface area contributed by atoms with Crippen LogP contribution in [0.4, 0.5) is 5.69 Å². The highest BCUT2D eigenvalue weighted by molar-refractivity contribution is 7.92. The van der Waals surface area contributed by atoms with Gasteiger partial charge in [-0.3, -0.25) is 13.9 Å². The molecule has 0 saturated carbocycles. The zero-order valence-electron chi connectivity index (χ0n) is 26.1. The third kappa shape index (κ3) is 8.60. The summed E-state index contributed by atoms with van der Waals surface area (Å²) in [6, 6.07) is 25.8. The molecule has 46 heavy (non-hydrogen) atoms. The Hall–Kier alpha value is -4.05. The first-order chi connectivity index (χ1) is 21.9.